The van der Waals surface area contributed by atoms with Crippen molar-refractivity contribution in [3.05, 3.63) is 39.9 Å². The SMILES string of the molecule is O=C1CN(C(=O)c2ccc([N+](=O)[O-])cc2)CCCN1. The van der Waals surface area contributed by atoms with Crippen molar-refractivity contribution in [1.29, 1.82) is 0 Å². The summed E-state index contributed by atoms with van der Waals surface area (Å²) in [7, 11) is 0. The van der Waals surface area contributed by atoms with Gasteiger partial charge in [-0.3, -0.25) is 19.7 Å². The summed E-state index contributed by atoms with van der Waals surface area (Å²) in [6, 6.07) is 5.38. The normalized spacial score (nSPS) is 15.6. The fourth-order valence-electron chi connectivity index (χ4n) is 1.89. The lowest BCUT2D eigenvalue weighted by Gasteiger charge is -2.18. The predicted octanol–water partition coefficient (Wildman–Crippen LogP) is 0.557. The van der Waals surface area contributed by atoms with Gasteiger partial charge in [0.15, 0.2) is 0 Å². The summed E-state index contributed by atoms with van der Waals surface area (Å²) in [5.74, 6) is -0.472. The maximum absolute atomic E-state index is 12.2. The van der Waals surface area contributed by atoms with Crippen molar-refractivity contribution < 1.29 is 14.5 Å². The van der Waals surface area contributed by atoms with Crippen LogP contribution in [0.4, 0.5) is 5.69 Å². The second kappa shape index (κ2) is 5.47. The minimum atomic E-state index is -0.520. The minimum absolute atomic E-state index is 0.0236. The topological polar surface area (TPSA) is 92.5 Å². The molecule has 7 heteroatoms. The van der Waals surface area contributed by atoms with Crippen LogP contribution in [0.1, 0.15) is 16.8 Å². The first kappa shape index (κ1) is 13.0. The number of non-ortho nitro benzene ring substituents is 1. The number of carbonyl (C=O) groups is 2. The average molecular weight is 263 g/mol. The smallest absolute Gasteiger partial charge is 0.269 e. The van der Waals surface area contributed by atoms with E-state index in [0.29, 0.717) is 25.1 Å². The van der Waals surface area contributed by atoms with Crippen LogP contribution in [0.25, 0.3) is 0 Å². The van der Waals surface area contributed by atoms with Gasteiger partial charge in [-0.05, 0) is 18.6 Å². The number of rotatable bonds is 2. The first-order chi connectivity index (χ1) is 9.08. The molecule has 0 aromatic heterocycles. The van der Waals surface area contributed by atoms with Crippen molar-refractivity contribution in [1.82, 2.24) is 10.2 Å². The van der Waals surface area contributed by atoms with Gasteiger partial charge in [0.1, 0.15) is 0 Å². The van der Waals surface area contributed by atoms with Crippen molar-refractivity contribution in [2.75, 3.05) is 19.6 Å². The highest BCUT2D eigenvalue weighted by Gasteiger charge is 2.21. The molecule has 1 fully saturated rings. The Morgan fingerprint density at radius 3 is 2.63 bits per heavy atom. The van der Waals surface area contributed by atoms with Crippen LogP contribution in [-0.4, -0.2) is 41.3 Å². The van der Waals surface area contributed by atoms with Gasteiger partial charge in [0.25, 0.3) is 11.6 Å². The van der Waals surface area contributed by atoms with E-state index in [0.717, 1.165) is 0 Å². The van der Waals surface area contributed by atoms with Crippen LogP contribution in [-0.2, 0) is 4.79 Å². The van der Waals surface area contributed by atoms with Crippen LogP contribution >= 0.6 is 0 Å². The van der Waals surface area contributed by atoms with Crippen LogP contribution in [0, 0.1) is 10.1 Å². The third-order valence-electron chi connectivity index (χ3n) is 2.87. The summed E-state index contributed by atoms with van der Waals surface area (Å²) in [6.07, 6.45) is 0.699. The number of nitro groups is 1. The number of carbonyl (C=O) groups excluding carboxylic acids is 2. The molecule has 1 N–H and O–H groups in total. The number of hydrogen-bond donors (Lipinski definition) is 1. The van der Waals surface area contributed by atoms with E-state index in [1.807, 2.05) is 0 Å². The molecule has 1 heterocycles. The highest BCUT2D eigenvalue weighted by atomic mass is 16.6. The molecule has 0 unspecified atom stereocenters. The number of benzene rings is 1. The number of nitrogens with zero attached hydrogens (tertiary/aromatic N) is 2. The van der Waals surface area contributed by atoms with E-state index in [2.05, 4.69) is 5.32 Å². The Balaban J connectivity index is 2.14. The fraction of sp³-hybridized carbons (Fsp3) is 0.333. The summed E-state index contributed by atoms with van der Waals surface area (Å²) in [5.41, 5.74) is 0.283. The van der Waals surface area contributed by atoms with Gasteiger partial charge in [-0.1, -0.05) is 0 Å². The lowest BCUT2D eigenvalue weighted by Crippen LogP contribution is -2.37. The van der Waals surface area contributed by atoms with Crippen molar-refractivity contribution >= 4 is 17.5 Å². The first-order valence-electron chi connectivity index (χ1n) is 5.88. The summed E-state index contributed by atoms with van der Waals surface area (Å²) in [5, 5.41) is 13.2. The number of hydrogen-bond acceptors (Lipinski definition) is 4. The minimum Gasteiger partial charge on any atom is -0.354 e. The number of amides is 2. The van der Waals surface area contributed by atoms with E-state index in [9.17, 15) is 19.7 Å². The molecule has 0 saturated carbocycles. The van der Waals surface area contributed by atoms with E-state index < -0.39 is 4.92 Å². The Morgan fingerprint density at radius 1 is 1.32 bits per heavy atom. The molecule has 0 radical (unpaired) electrons. The van der Waals surface area contributed by atoms with E-state index in [4.69, 9.17) is 0 Å². The molecule has 2 rings (SSSR count). The molecular formula is C12H13N3O4. The highest BCUT2D eigenvalue weighted by Crippen LogP contribution is 2.14. The fourth-order valence-corrected chi connectivity index (χ4v) is 1.89. The lowest BCUT2D eigenvalue weighted by atomic mass is 10.2. The van der Waals surface area contributed by atoms with E-state index in [-0.39, 0.29) is 24.0 Å². The van der Waals surface area contributed by atoms with Gasteiger partial charge >= 0.3 is 0 Å². The number of nitro benzene ring substituents is 1. The van der Waals surface area contributed by atoms with Crippen molar-refractivity contribution in [2.24, 2.45) is 0 Å². The second-order valence-electron chi connectivity index (χ2n) is 4.23. The Hall–Kier alpha value is -2.44. The summed E-state index contributed by atoms with van der Waals surface area (Å²) < 4.78 is 0. The first-order valence-corrected chi connectivity index (χ1v) is 5.88. The number of nitrogens with one attached hydrogen (secondary N) is 1. The van der Waals surface area contributed by atoms with Crippen LogP contribution in [0.2, 0.25) is 0 Å². The van der Waals surface area contributed by atoms with Gasteiger partial charge in [0, 0.05) is 30.8 Å². The second-order valence-corrected chi connectivity index (χ2v) is 4.23. The molecule has 0 atom stereocenters. The lowest BCUT2D eigenvalue weighted by molar-refractivity contribution is -0.384. The zero-order valence-corrected chi connectivity index (χ0v) is 10.2. The molecule has 2 amide bonds. The summed E-state index contributed by atoms with van der Waals surface area (Å²) >= 11 is 0. The zero-order chi connectivity index (χ0) is 13.8. The molecule has 100 valence electrons. The molecule has 0 bridgehead atoms. The molecule has 1 aliphatic heterocycles. The summed E-state index contributed by atoms with van der Waals surface area (Å²) in [4.78, 5) is 35.0. The van der Waals surface area contributed by atoms with E-state index >= 15 is 0 Å². The largest absolute Gasteiger partial charge is 0.354 e. The molecule has 1 aromatic carbocycles. The van der Waals surface area contributed by atoms with Crippen LogP contribution in [0.5, 0.6) is 0 Å². The van der Waals surface area contributed by atoms with Gasteiger partial charge in [-0.2, -0.15) is 0 Å². The average Bonchev–Trinajstić information content (AvgIpc) is 2.62. The Morgan fingerprint density at radius 2 is 2.00 bits per heavy atom. The van der Waals surface area contributed by atoms with Crippen LogP contribution in [0.15, 0.2) is 24.3 Å². The molecule has 19 heavy (non-hydrogen) atoms. The molecular weight excluding hydrogens is 250 g/mol. The van der Waals surface area contributed by atoms with Gasteiger partial charge < -0.3 is 10.2 Å². The maximum Gasteiger partial charge on any atom is 0.269 e. The van der Waals surface area contributed by atoms with Gasteiger partial charge in [0.2, 0.25) is 5.91 Å². The third kappa shape index (κ3) is 3.06. The van der Waals surface area contributed by atoms with Crippen LogP contribution < -0.4 is 5.32 Å². The predicted molar refractivity (Wildman–Crippen MR) is 66.6 cm³/mol. The summed E-state index contributed by atoms with van der Waals surface area (Å²) in [6.45, 7) is 1.08. The molecule has 1 saturated heterocycles. The van der Waals surface area contributed by atoms with Gasteiger partial charge in [0.05, 0.1) is 11.5 Å². The van der Waals surface area contributed by atoms with Crippen molar-refractivity contribution in [2.45, 2.75) is 6.42 Å². The third-order valence-corrected chi connectivity index (χ3v) is 2.87. The highest BCUT2D eigenvalue weighted by molar-refractivity contribution is 5.96. The van der Waals surface area contributed by atoms with Crippen molar-refractivity contribution in [3.63, 3.8) is 0 Å². The Kier molecular flexibility index (Phi) is 3.74. The quantitative estimate of drug-likeness (QED) is 0.623. The molecule has 7 nitrogen and oxygen atoms in total. The van der Waals surface area contributed by atoms with Gasteiger partial charge in [-0.25, -0.2) is 0 Å². The van der Waals surface area contributed by atoms with Gasteiger partial charge in [-0.15, -0.1) is 0 Å². The van der Waals surface area contributed by atoms with E-state index in [1.165, 1.54) is 29.2 Å². The molecule has 0 aliphatic carbocycles. The van der Waals surface area contributed by atoms with Crippen LogP contribution in [0.3, 0.4) is 0 Å². The molecule has 1 aromatic rings. The standard InChI is InChI=1S/C12H13N3O4/c16-11-8-14(7-1-6-13-11)12(17)9-2-4-10(5-3-9)15(18)19/h2-5H,1,6-8H2,(H,13,16). The molecule has 1 aliphatic rings. The Labute approximate surface area is 109 Å². The van der Waals surface area contributed by atoms with E-state index in [1.54, 1.807) is 0 Å². The Bertz CT molecular complexity index is 512. The maximum atomic E-state index is 12.2. The van der Waals surface area contributed by atoms with Crippen molar-refractivity contribution in [3.8, 4) is 0 Å². The monoisotopic (exact) mass is 263 g/mol. The zero-order valence-electron chi connectivity index (χ0n) is 10.2. The molecule has 0 spiro atoms.